The van der Waals surface area contributed by atoms with Crippen LogP contribution in [-0.2, 0) is 13.0 Å². The number of halogens is 2. The fourth-order valence-corrected chi connectivity index (χ4v) is 2.74. The highest BCUT2D eigenvalue weighted by atomic mass is 79.9. The van der Waals surface area contributed by atoms with Crippen LogP contribution in [0.3, 0.4) is 0 Å². The van der Waals surface area contributed by atoms with E-state index in [0.29, 0.717) is 6.04 Å². The molecule has 0 spiro atoms. The lowest BCUT2D eigenvalue weighted by molar-refractivity contribution is 0.512. The monoisotopic (exact) mass is 259 g/mol. The van der Waals surface area contributed by atoms with E-state index in [2.05, 4.69) is 28.2 Å². The van der Waals surface area contributed by atoms with Crippen LogP contribution in [0.25, 0.3) is 0 Å². The molecule has 3 heteroatoms. The lowest BCUT2D eigenvalue weighted by atomic mass is 9.97. The number of benzene rings is 1. The van der Waals surface area contributed by atoms with Gasteiger partial charge in [0, 0.05) is 22.1 Å². The normalized spacial score (nSPS) is 21.3. The van der Waals surface area contributed by atoms with E-state index in [-0.39, 0.29) is 0 Å². The Hall–Kier alpha value is -0.0500. The van der Waals surface area contributed by atoms with Crippen LogP contribution in [0, 0.1) is 0 Å². The minimum Gasteiger partial charge on any atom is -0.310 e. The Morgan fingerprint density at radius 1 is 1.54 bits per heavy atom. The summed E-state index contributed by atoms with van der Waals surface area (Å²) in [7, 11) is 0. The van der Waals surface area contributed by atoms with Crippen molar-refractivity contribution >= 4 is 27.5 Å². The molecule has 1 aliphatic rings. The van der Waals surface area contributed by atoms with Crippen LogP contribution in [0.5, 0.6) is 0 Å². The quantitative estimate of drug-likeness (QED) is 0.756. The van der Waals surface area contributed by atoms with Crippen LogP contribution in [0.15, 0.2) is 16.6 Å². The Kier molecular flexibility index (Phi) is 2.63. The summed E-state index contributed by atoms with van der Waals surface area (Å²) in [6, 6.07) is 4.57. The SMILES string of the molecule is CC1Cc2c(Br)cc(Cl)cc2CN1. The third-order valence-electron chi connectivity index (χ3n) is 2.40. The molecule has 1 aliphatic heterocycles. The van der Waals surface area contributed by atoms with Gasteiger partial charge in [0.25, 0.3) is 0 Å². The molecular weight excluding hydrogens is 249 g/mol. The fourth-order valence-electron chi connectivity index (χ4n) is 1.71. The molecule has 1 atom stereocenters. The van der Waals surface area contributed by atoms with Gasteiger partial charge in [0.05, 0.1) is 0 Å². The molecule has 0 saturated carbocycles. The standard InChI is InChI=1S/C10H11BrClN/c1-6-2-9-7(5-13-6)3-8(12)4-10(9)11/h3-4,6,13H,2,5H2,1H3. The molecule has 0 aromatic heterocycles. The number of rotatable bonds is 0. The van der Waals surface area contributed by atoms with Gasteiger partial charge in [0.2, 0.25) is 0 Å². The van der Waals surface area contributed by atoms with E-state index < -0.39 is 0 Å². The zero-order chi connectivity index (χ0) is 9.42. The van der Waals surface area contributed by atoms with Crippen LogP contribution in [0.2, 0.25) is 5.02 Å². The van der Waals surface area contributed by atoms with Gasteiger partial charge in [-0.2, -0.15) is 0 Å². The molecule has 0 amide bonds. The second kappa shape index (κ2) is 3.60. The van der Waals surface area contributed by atoms with E-state index in [4.69, 9.17) is 11.6 Å². The van der Waals surface area contributed by atoms with Gasteiger partial charge in [-0.25, -0.2) is 0 Å². The third-order valence-corrected chi connectivity index (χ3v) is 3.33. The van der Waals surface area contributed by atoms with Crippen LogP contribution < -0.4 is 5.32 Å². The third kappa shape index (κ3) is 1.90. The van der Waals surface area contributed by atoms with Crippen molar-refractivity contribution in [2.45, 2.75) is 25.9 Å². The van der Waals surface area contributed by atoms with Crippen molar-refractivity contribution in [3.8, 4) is 0 Å². The summed E-state index contributed by atoms with van der Waals surface area (Å²) in [6.45, 7) is 3.12. The van der Waals surface area contributed by atoms with E-state index in [1.165, 1.54) is 11.1 Å². The number of hydrogen-bond acceptors (Lipinski definition) is 1. The predicted octanol–water partition coefficient (Wildman–Crippen LogP) is 3.14. The summed E-state index contributed by atoms with van der Waals surface area (Å²) in [5, 5.41) is 4.22. The maximum atomic E-state index is 5.96. The molecule has 13 heavy (non-hydrogen) atoms. The van der Waals surface area contributed by atoms with Gasteiger partial charge >= 0.3 is 0 Å². The van der Waals surface area contributed by atoms with E-state index in [1.807, 2.05) is 12.1 Å². The van der Waals surface area contributed by atoms with Crippen molar-refractivity contribution < 1.29 is 0 Å². The first-order chi connectivity index (χ1) is 6.16. The van der Waals surface area contributed by atoms with E-state index in [9.17, 15) is 0 Å². The Morgan fingerprint density at radius 2 is 2.31 bits per heavy atom. The van der Waals surface area contributed by atoms with Gasteiger partial charge in [-0.1, -0.05) is 27.5 Å². The summed E-state index contributed by atoms with van der Waals surface area (Å²) in [5.41, 5.74) is 2.72. The van der Waals surface area contributed by atoms with E-state index in [1.54, 1.807) is 0 Å². The molecule has 1 aromatic rings. The van der Waals surface area contributed by atoms with Crippen molar-refractivity contribution in [3.05, 3.63) is 32.8 Å². The molecule has 0 bridgehead atoms. The number of fused-ring (bicyclic) bond motifs is 1. The van der Waals surface area contributed by atoms with Crippen molar-refractivity contribution in [1.29, 1.82) is 0 Å². The minimum absolute atomic E-state index is 0.560. The first kappa shape index (κ1) is 9.50. The topological polar surface area (TPSA) is 12.0 Å². The van der Waals surface area contributed by atoms with Crippen LogP contribution in [0.1, 0.15) is 18.1 Å². The second-order valence-electron chi connectivity index (χ2n) is 3.51. The average molecular weight is 261 g/mol. The Balaban J connectivity index is 2.47. The maximum absolute atomic E-state index is 5.96. The molecule has 0 radical (unpaired) electrons. The summed E-state index contributed by atoms with van der Waals surface area (Å²) in [6.07, 6.45) is 1.08. The van der Waals surface area contributed by atoms with Crippen molar-refractivity contribution in [2.75, 3.05) is 0 Å². The molecule has 70 valence electrons. The van der Waals surface area contributed by atoms with E-state index >= 15 is 0 Å². The zero-order valence-corrected chi connectivity index (χ0v) is 9.74. The fraction of sp³-hybridized carbons (Fsp3) is 0.400. The Bertz CT molecular complexity index is 338. The number of nitrogens with one attached hydrogen (secondary N) is 1. The molecule has 0 aliphatic carbocycles. The van der Waals surface area contributed by atoms with Gasteiger partial charge in [0.1, 0.15) is 0 Å². The van der Waals surface area contributed by atoms with Gasteiger partial charge < -0.3 is 5.32 Å². The molecule has 0 saturated heterocycles. The predicted molar refractivity (Wildman–Crippen MR) is 59.2 cm³/mol. The smallest absolute Gasteiger partial charge is 0.0420 e. The van der Waals surface area contributed by atoms with Gasteiger partial charge in [0.15, 0.2) is 0 Å². The summed E-state index contributed by atoms with van der Waals surface area (Å²) in [4.78, 5) is 0. The molecule has 2 rings (SSSR count). The summed E-state index contributed by atoms with van der Waals surface area (Å²) < 4.78 is 1.14. The maximum Gasteiger partial charge on any atom is 0.0420 e. The first-order valence-electron chi connectivity index (χ1n) is 4.37. The molecule has 0 fully saturated rings. The van der Waals surface area contributed by atoms with Gasteiger partial charge in [-0.15, -0.1) is 0 Å². The van der Waals surface area contributed by atoms with Crippen molar-refractivity contribution in [2.24, 2.45) is 0 Å². The van der Waals surface area contributed by atoms with Crippen LogP contribution in [0.4, 0.5) is 0 Å². The van der Waals surface area contributed by atoms with Crippen molar-refractivity contribution in [3.63, 3.8) is 0 Å². The highest BCUT2D eigenvalue weighted by molar-refractivity contribution is 9.10. The molecule has 1 N–H and O–H groups in total. The lowest BCUT2D eigenvalue weighted by Crippen LogP contribution is -2.33. The highest BCUT2D eigenvalue weighted by Crippen LogP contribution is 2.29. The number of hydrogen-bond donors (Lipinski definition) is 1. The zero-order valence-electron chi connectivity index (χ0n) is 7.40. The second-order valence-corrected chi connectivity index (χ2v) is 4.80. The first-order valence-corrected chi connectivity index (χ1v) is 5.54. The largest absolute Gasteiger partial charge is 0.310 e. The Morgan fingerprint density at radius 3 is 3.08 bits per heavy atom. The molecular formula is C10H11BrClN. The average Bonchev–Trinajstić information content (AvgIpc) is 2.06. The van der Waals surface area contributed by atoms with Gasteiger partial charge in [-0.05, 0) is 36.6 Å². The van der Waals surface area contributed by atoms with Gasteiger partial charge in [-0.3, -0.25) is 0 Å². The van der Waals surface area contributed by atoms with Crippen LogP contribution >= 0.6 is 27.5 Å². The minimum atomic E-state index is 0.560. The molecule has 1 aromatic carbocycles. The summed E-state index contributed by atoms with van der Waals surface area (Å²) >= 11 is 9.51. The molecule has 1 unspecified atom stereocenters. The molecule has 1 nitrogen and oxygen atoms in total. The van der Waals surface area contributed by atoms with Crippen molar-refractivity contribution in [1.82, 2.24) is 5.32 Å². The molecule has 1 heterocycles. The van der Waals surface area contributed by atoms with E-state index in [0.717, 1.165) is 22.5 Å². The highest BCUT2D eigenvalue weighted by Gasteiger charge is 2.16. The van der Waals surface area contributed by atoms with Crippen LogP contribution in [-0.4, -0.2) is 6.04 Å². The summed E-state index contributed by atoms with van der Waals surface area (Å²) in [5.74, 6) is 0. The lowest BCUT2D eigenvalue weighted by Gasteiger charge is -2.24. The Labute approximate surface area is 91.6 Å².